The number of hydrogen-bond acceptors (Lipinski definition) is 1. The molecule has 0 aliphatic carbocycles. The van der Waals surface area contributed by atoms with Crippen LogP contribution < -0.4 is 5.56 Å². The zero-order valence-electron chi connectivity index (χ0n) is 15.2. The van der Waals surface area contributed by atoms with Crippen molar-refractivity contribution in [1.29, 1.82) is 0 Å². The summed E-state index contributed by atoms with van der Waals surface area (Å²) in [5, 5.41) is 0. The lowest BCUT2D eigenvalue weighted by atomic mass is 9.92. The molecule has 1 heterocycles. The summed E-state index contributed by atoms with van der Waals surface area (Å²) in [5.41, 5.74) is 2.79. The van der Waals surface area contributed by atoms with Crippen molar-refractivity contribution >= 4 is 0 Å². The van der Waals surface area contributed by atoms with Crippen molar-refractivity contribution in [3.63, 3.8) is 0 Å². The van der Waals surface area contributed by atoms with E-state index < -0.39 is 23.0 Å². The molecule has 2 nitrogen and oxygen atoms in total. The third-order valence-corrected chi connectivity index (χ3v) is 4.56. The topological polar surface area (TPSA) is 22.0 Å². The van der Waals surface area contributed by atoms with Crippen molar-refractivity contribution in [2.24, 2.45) is 7.05 Å². The van der Waals surface area contributed by atoms with Crippen LogP contribution in [0.3, 0.4) is 0 Å². The van der Waals surface area contributed by atoms with Gasteiger partial charge in [0.05, 0.1) is 0 Å². The quantitative estimate of drug-likeness (QED) is 0.618. The Morgan fingerprint density at radius 3 is 2.33 bits per heavy atom. The Hall–Kier alpha value is -2.82. The first kappa shape index (κ1) is 19.0. The predicted octanol–water partition coefficient (Wildman–Crippen LogP) is 5.01. The van der Waals surface area contributed by atoms with Crippen molar-refractivity contribution in [3.8, 4) is 11.1 Å². The second kappa shape index (κ2) is 7.82. The van der Waals surface area contributed by atoms with Gasteiger partial charge in [-0.3, -0.25) is 4.79 Å². The molecule has 0 spiro atoms. The summed E-state index contributed by atoms with van der Waals surface area (Å²) in [6.45, 7) is 2.06. The van der Waals surface area contributed by atoms with Crippen LogP contribution in [0.1, 0.15) is 30.0 Å². The van der Waals surface area contributed by atoms with Crippen LogP contribution in [0.15, 0.2) is 53.5 Å². The van der Waals surface area contributed by atoms with Gasteiger partial charge < -0.3 is 4.57 Å². The van der Waals surface area contributed by atoms with E-state index in [9.17, 15) is 18.0 Å². The summed E-state index contributed by atoms with van der Waals surface area (Å²) in [4.78, 5) is 11.7. The molecule has 2 aromatic carbocycles. The van der Waals surface area contributed by atoms with Crippen LogP contribution in [0.4, 0.5) is 13.2 Å². The number of aryl methyl sites for hydroxylation is 2. The molecule has 0 radical (unpaired) electrons. The van der Waals surface area contributed by atoms with E-state index >= 15 is 0 Å². The Balaban J connectivity index is 2.12. The van der Waals surface area contributed by atoms with Gasteiger partial charge in [-0.2, -0.15) is 0 Å². The van der Waals surface area contributed by atoms with Gasteiger partial charge in [0.2, 0.25) is 0 Å². The van der Waals surface area contributed by atoms with Crippen LogP contribution in [0.5, 0.6) is 0 Å². The van der Waals surface area contributed by atoms with Crippen molar-refractivity contribution in [2.45, 2.75) is 26.2 Å². The van der Waals surface area contributed by atoms with Crippen molar-refractivity contribution in [2.75, 3.05) is 0 Å². The van der Waals surface area contributed by atoms with Crippen LogP contribution in [-0.2, 0) is 19.9 Å². The number of hydrogen-bond donors (Lipinski definition) is 0. The molecule has 5 heteroatoms. The number of aromatic nitrogens is 1. The standard InChI is InChI=1S/C22H20F3NO/c1-3-4-14-5-6-15(10-16-7-8-18(23)12-20(16)24)19(9-14)17-11-21(25)22(27)26(2)13-17/h5-9,11-13H,3-4,10H2,1-2H3. The normalized spacial score (nSPS) is 11.0. The Morgan fingerprint density at radius 2 is 1.67 bits per heavy atom. The SMILES string of the molecule is CCCc1ccc(Cc2ccc(F)cc2F)c(-c2cc(F)c(=O)n(C)c2)c1. The van der Waals surface area contributed by atoms with Crippen molar-refractivity contribution in [3.05, 3.63) is 93.2 Å². The van der Waals surface area contributed by atoms with Crippen LogP contribution in [0.2, 0.25) is 0 Å². The minimum atomic E-state index is -0.838. The van der Waals surface area contributed by atoms with Gasteiger partial charge in [-0.15, -0.1) is 0 Å². The van der Waals surface area contributed by atoms with Gasteiger partial charge in [0.15, 0.2) is 5.82 Å². The van der Waals surface area contributed by atoms with E-state index in [0.29, 0.717) is 11.1 Å². The highest BCUT2D eigenvalue weighted by molar-refractivity contribution is 5.68. The Kier molecular flexibility index (Phi) is 5.49. The fourth-order valence-corrected chi connectivity index (χ4v) is 3.18. The maximum Gasteiger partial charge on any atom is 0.286 e. The Labute approximate surface area is 155 Å². The molecule has 0 N–H and O–H groups in total. The lowest BCUT2D eigenvalue weighted by Crippen LogP contribution is -2.19. The highest BCUT2D eigenvalue weighted by Gasteiger charge is 2.13. The lowest BCUT2D eigenvalue weighted by molar-refractivity contribution is 0.574. The second-order valence-electron chi connectivity index (χ2n) is 6.65. The van der Waals surface area contributed by atoms with E-state index in [1.165, 1.54) is 29.8 Å². The Morgan fingerprint density at radius 1 is 0.926 bits per heavy atom. The lowest BCUT2D eigenvalue weighted by Gasteiger charge is -2.14. The van der Waals surface area contributed by atoms with Crippen LogP contribution in [-0.4, -0.2) is 4.57 Å². The molecule has 0 atom stereocenters. The molecule has 1 aromatic heterocycles. The molecule has 0 saturated carbocycles. The summed E-state index contributed by atoms with van der Waals surface area (Å²) in [6, 6.07) is 10.5. The van der Waals surface area contributed by atoms with Crippen LogP contribution >= 0.6 is 0 Å². The van der Waals surface area contributed by atoms with E-state index in [1.807, 2.05) is 18.2 Å². The molecule has 3 aromatic rings. The summed E-state index contributed by atoms with van der Waals surface area (Å²) >= 11 is 0. The van der Waals surface area contributed by atoms with Crippen molar-refractivity contribution in [1.82, 2.24) is 4.57 Å². The molecule has 140 valence electrons. The van der Waals surface area contributed by atoms with Gasteiger partial charge in [-0.05, 0) is 40.8 Å². The maximum atomic E-state index is 14.1. The van der Waals surface area contributed by atoms with Gasteiger partial charge in [0.1, 0.15) is 11.6 Å². The van der Waals surface area contributed by atoms with Crippen LogP contribution in [0.25, 0.3) is 11.1 Å². The summed E-state index contributed by atoms with van der Waals surface area (Å²) in [6.07, 6.45) is 3.61. The number of pyridine rings is 1. The molecular weight excluding hydrogens is 351 g/mol. The first-order chi connectivity index (χ1) is 12.9. The first-order valence-electron chi connectivity index (χ1n) is 8.81. The third-order valence-electron chi connectivity index (χ3n) is 4.56. The van der Waals surface area contributed by atoms with E-state index in [-0.39, 0.29) is 6.42 Å². The van der Waals surface area contributed by atoms with Gasteiger partial charge in [0.25, 0.3) is 5.56 Å². The van der Waals surface area contributed by atoms with E-state index in [1.54, 1.807) is 6.20 Å². The largest absolute Gasteiger partial charge is 0.315 e. The predicted molar refractivity (Wildman–Crippen MR) is 100 cm³/mol. The molecular formula is C22H20F3NO. The fraction of sp³-hybridized carbons (Fsp3) is 0.227. The van der Waals surface area contributed by atoms with E-state index in [4.69, 9.17) is 0 Å². The van der Waals surface area contributed by atoms with Gasteiger partial charge in [0, 0.05) is 31.3 Å². The molecule has 27 heavy (non-hydrogen) atoms. The molecule has 0 amide bonds. The van der Waals surface area contributed by atoms with Crippen molar-refractivity contribution < 1.29 is 13.2 Å². The molecule has 0 saturated heterocycles. The number of benzene rings is 2. The summed E-state index contributed by atoms with van der Waals surface area (Å²) in [5.74, 6) is -2.09. The zero-order valence-corrected chi connectivity index (χ0v) is 15.2. The monoisotopic (exact) mass is 371 g/mol. The highest BCUT2D eigenvalue weighted by atomic mass is 19.1. The summed E-state index contributed by atoms with van der Waals surface area (Å²) in [7, 11) is 1.49. The van der Waals surface area contributed by atoms with E-state index in [0.717, 1.165) is 35.6 Å². The molecule has 3 rings (SSSR count). The zero-order chi connectivity index (χ0) is 19.6. The van der Waals surface area contributed by atoms with Gasteiger partial charge in [-0.1, -0.05) is 37.6 Å². The average molecular weight is 371 g/mol. The summed E-state index contributed by atoms with van der Waals surface area (Å²) < 4.78 is 42.5. The molecule has 0 fully saturated rings. The number of rotatable bonds is 5. The fourth-order valence-electron chi connectivity index (χ4n) is 3.18. The average Bonchev–Trinajstić information content (AvgIpc) is 2.63. The molecule has 0 aliphatic heterocycles. The maximum absolute atomic E-state index is 14.1. The molecule has 0 unspecified atom stereocenters. The van der Waals surface area contributed by atoms with Gasteiger partial charge >= 0.3 is 0 Å². The minimum absolute atomic E-state index is 0.234. The number of halogens is 3. The minimum Gasteiger partial charge on any atom is -0.315 e. The Bertz CT molecular complexity index is 1010. The highest BCUT2D eigenvalue weighted by Crippen LogP contribution is 2.28. The first-order valence-corrected chi connectivity index (χ1v) is 8.81. The van der Waals surface area contributed by atoms with E-state index in [2.05, 4.69) is 6.92 Å². The van der Waals surface area contributed by atoms with Crippen LogP contribution in [0, 0.1) is 17.5 Å². The second-order valence-corrected chi connectivity index (χ2v) is 6.65. The number of nitrogens with zero attached hydrogens (tertiary/aromatic N) is 1. The third kappa shape index (κ3) is 4.13. The molecule has 0 aliphatic rings. The smallest absolute Gasteiger partial charge is 0.286 e. The van der Waals surface area contributed by atoms with Gasteiger partial charge in [-0.25, -0.2) is 13.2 Å². The molecule has 0 bridgehead atoms.